The molecule has 4 aliphatic rings. The monoisotopic (exact) mass is 194 g/mol. The van der Waals surface area contributed by atoms with Crippen LogP contribution in [0, 0.1) is 17.8 Å². The van der Waals surface area contributed by atoms with Gasteiger partial charge in [-0.25, -0.2) is 0 Å². The lowest BCUT2D eigenvalue weighted by atomic mass is 9.51. The molecule has 3 heteroatoms. The van der Waals surface area contributed by atoms with Gasteiger partial charge < -0.3 is 11.1 Å². The highest BCUT2D eigenvalue weighted by atomic mass is 16.1. The molecule has 0 radical (unpaired) electrons. The second kappa shape index (κ2) is 2.72. The lowest BCUT2D eigenvalue weighted by Gasteiger charge is -2.59. The fourth-order valence-electron chi connectivity index (χ4n) is 4.37. The van der Waals surface area contributed by atoms with E-state index < -0.39 is 0 Å². The normalized spacial score (nSPS) is 54.6. The SMILES string of the molecule is N[C@H]1C2CC3CC1C[C@](NC=O)(C3)C2. The van der Waals surface area contributed by atoms with E-state index in [2.05, 4.69) is 5.32 Å². The van der Waals surface area contributed by atoms with Gasteiger partial charge >= 0.3 is 0 Å². The van der Waals surface area contributed by atoms with Crippen LogP contribution in [0.1, 0.15) is 32.1 Å². The molecule has 3 N–H and O–H groups in total. The van der Waals surface area contributed by atoms with Gasteiger partial charge in [0.05, 0.1) is 0 Å². The maximum Gasteiger partial charge on any atom is 0.207 e. The van der Waals surface area contributed by atoms with E-state index in [0.717, 1.165) is 25.2 Å². The van der Waals surface area contributed by atoms with Crippen LogP contribution >= 0.6 is 0 Å². The Morgan fingerprint density at radius 3 is 2.43 bits per heavy atom. The van der Waals surface area contributed by atoms with Gasteiger partial charge in [-0.2, -0.15) is 0 Å². The fraction of sp³-hybridized carbons (Fsp3) is 0.909. The van der Waals surface area contributed by atoms with E-state index >= 15 is 0 Å². The van der Waals surface area contributed by atoms with Gasteiger partial charge in [0, 0.05) is 11.6 Å². The highest BCUT2D eigenvalue weighted by Crippen LogP contribution is 2.54. The first-order chi connectivity index (χ1) is 6.72. The third kappa shape index (κ3) is 1.05. The summed E-state index contributed by atoms with van der Waals surface area (Å²) in [5.41, 5.74) is 6.34. The molecule has 3 nitrogen and oxygen atoms in total. The molecule has 0 aromatic heterocycles. The highest BCUT2D eigenvalue weighted by Gasteiger charge is 2.54. The maximum atomic E-state index is 10.6. The molecular formula is C11H18N2O. The predicted octanol–water partition coefficient (Wildman–Crippen LogP) is 0.638. The molecule has 1 amide bonds. The summed E-state index contributed by atoms with van der Waals surface area (Å²) in [6.07, 6.45) is 6.95. The lowest BCUT2D eigenvalue weighted by Crippen LogP contribution is -2.64. The number of amides is 1. The van der Waals surface area contributed by atoms with Crippen LogP contribution in [-0.4, -0.2) is 18.0 Å². The van der Waals surface area contributed by atoms with Crippen molar-refractivity contribution in [2.45, 2.75) is 43.7 Å². The average Bonchev–Trinajstić information content (AvgIpc) is 2.12. The van der Waals surface area contributed by atoms with Gasteiger partial charge in [-0.1, -0.05) is 0 Å². The third-order valence-electron chi connectivity index (χ3n) is 4.71. The molecule has 2 atom stereocenters. The zero-order chi connectivity index (χ0) is 9.76. The highest BCUT2D eigenvalue weighted by molar-refractivity contribution is 5.48. The lowest BCUT2D eigenvalue weighted by molar-refractivity contribution is -0.115. The predicted molar refractivity (Wildman–Crippen MR) is 53.5 cm³/mol. The zero-order valence-corrected chi connectivity index (χ0v) is 8.41. The van der Waals surface area contributed by atoms with Crippen LogP contribution in [0.15, 0.2) is 0 Å². The van der Waals surface area contributed by atoms with E-state index in [9.17, 15) is 4.79 Å². The van der Waals surface area contributed by atoms with Crippen molar-refractivity contribution in [1.82, 2.24) is 5.32 Å². The van der Waals surface area contributed by atoms with E-state index in [0.29, 0.717) is 17.9 Å². The van der Waals surface area contributed by atoms with E-state index in [-0.39, 0.29) is 5.54 Å². The second-order valence-electron chi connectivity index (χ2n) is 5.59. The Hall–Kier alpha value is -0.570. The Balaban J connectivity index is 1.88. The summed E-state index contributed by atoms with van der Waals surface area (Å²) in [5.74, 6) is 2.18. The molecule has 0 heterocycles. The standard InChI is InChI=1S/C11H18N2O/c12-10-8-1-7-2-9(10)5-11(3-7,4-8)13-6-14/h6-10H,1-5,12H2,(H,13,14)/t7?,8?,9?,10-,11-. The fourth-order valence-corrected chi connectivity index (χ4v) is 4.37. The van der Waals surface area contributed by atoms with Crippen LogP contribution in [-0.2, 0) is 4.79 Å². The molecule has 4 rings (SSSR count). The number of nitrogens with two attached hydrogens (primary N) is 1. The zero-order valence-electron chi connectivity index (χ0n) is 8.41. The summed E-state index contributed by atoms with van der Waals surface area (Å²) in [6, 6.07) is 0.410. The van der Waals surface area contributed by atoms with Crippen LogP contribution in [0.5, 0.6) is 0 Å². The quantitative estimate of drug-likeness (QED) is 0.634. The molecule has 2 unspecified atom stereocenters. The van der Waals surface area contributed by atoms with Crippen molar-refractivity contribution in [2.24, 2.45) is 23.5 Å². The summed E-state index contributed by atoms with van der Waals surface area (Å²) >= 11 is 0. The molecule has 0 spiro atoms. The number of carbonyl (C=O) groups excluding carboxylic acids is 1. The molecule has 0 saturated heterocycles. The molecule has 4 fully saturated rings. The van der Waals surface area contributed by atoms with E-state index in [4.69, 9.17) is 5.73 Å². The van der Waals surface area contributed by atoms with E-state index in [1.54, 1.807) is 0 Å². The van der Waals surface area contributed by atoms with Crippen LogP contribution in [0.4, 0.5) is 0 Å². The van der Waals surface area contributed by atoms with Gasteiger partial charge in [-0.3, -0.25) is 4.79 Å². The van der Waals surface area contributed by atoms with Crippen molar-refractivity contribution in [1.29, 1.82) is 0 Å². The Morgan fingerprint density at radius 1 is 1.21 bits per heavy atom. The first-order valence-corrected chi connectivity index (χ1v) is 5.69. The number of carbonyl (C=O) groups is 1. The molecule has 14 heavy (non-hydrogen) atoms. The van der Waals surface area contributed by atoms with Crippen LogP contribution in [0.2, 0.25) is 0 Å². The molecule has 4 saturated carbocycles. The molecule has 0 aliphatic heterocycles. The molecule has 4 aliphatic carbocycles. The van der Waals surface area contributed by atoms with Crippen LogP contribution in [0.25, 0.3) is 0 Å². The number of nitrogens with one attached hydrogen (secondary N) is 1. The molecular weight excluding hydrogens is 176 g/mol. The Labute approximate surface area is 84.4 Å². The average molecular weight is 194 g/mol. The van der Waals surface area contributed by atoms with Crippen molar-refractivity contribution >= 4 is 6.41 Å². The van der Waals surface area contributed by atoms with Gasteiger partial charge in [0.15, 0.2) is 0 Å². The molecule has 4 bridgehead atoms. The van der Waals surface area contributed by atoms with Crippen molar-refractivity contribution in [3.8, 4) is 0 Å². The largest absolute Gasteiger partial charge is 0.353 e. The summed E-state index contributed by atoms with van der Waals surface area (Å²) in [6.45, 7) is 0. The van der Waals surface area contributed by atoms with Crippen molar-refractivity contribution in [3.05, 3.63) is 0 Å². The first-order valence-electron chi connectivity index (χ1n) is 5.69. The van der Waals surface area contributed by atoms with Crippen LogP contribution < -0.4 is 11.1 Å². The topological polar surface area (TPSA) is 55.1 Å². The van der Waals surface area contributed by atoms with Crippen molar-refractivity contribution < 1.29 is 4.79 Å². The molecule has 78 valence electrons. The van der Waals surface area contributed by atoms with Gasteiger partial charge in [-0.15, -0.1) is 0 Å². The molecule has 0 aromatic carbocycles. The van der Waals surface area contributed by atoms with Crippen molar-refractivity contribution in [3.63, 3.8) is 0 Å². The second-order valence-corrected chi connectivity index (χ2v) is 5.59. The number of hydrogen-bond donors (Lipinski definition) is 2. The van der Waals surface area contributed by atoms with Crippen LogP contribution in [0.3, 0.4) is 0 Å². The van der Waals surface area contributed by atoms with Gasteiger partial charge in [0.2, 0.25) is 6.41 Å². The van der Waals surface area contributed by atoms with Gasteiger partial charge in [-0.05, 0) is 49.9 Å². The third-order valence-corrected chi connectivity index (χ3v) is 4.71. The Kier molecular flexibility index (Phi) is 1.69. The number of rotatable bonds is 2. The smallest absolute Gasteiger partial charge is 0.207 e. The summed E-state index contributed by atoms with van der Waals surface area (Å²) in [7, 11) is 0. The minimum atomic E-state index is 0.133. The van der Waals surface area contributed by atoms with E-state index in [1.165, 1.54) is 19.3 Å². The molecule has 0 aromatic rings. The van der Waals surface area contributed by atoms with Gasteiger partial charge in [0.25, 0.3) is 0 Å². The maximum absolute atomic E-state index is 10.6. The first kappa shape index (κ1) is 8.72. The minimum absolute atomic E-state index is 0.133. The minimum Gasteiger partial charge on any atom is -0.353 e. The summed E-state index contributed by atoms with van der Waals surface area (Å²) in [4.78, 5) is 10.6. The van der Waals surface area contributed by atoms with Gasteiger partial charge in [0.1, 0.15) is 0 Å². The Bertz CT molecular complexity index is 250. The van der Waals surface area contributed by atoms with Crippen molar-refractivity contribution in [2.75, 3.05) is 0 Å². The Morgan fingerprint density at radius 2 is 1.86 bits per heavy atom. The summed E-state index contributed by atoms with van der Waals surface area (Å²) in [5, 5.41) is 3.07. The summed E-state index contributed by atoms with van der Waals surface area (Å²) < 4.78 is 0. The number of hydrogen-bond acceptors (Lipinski definition) is 2. The van der Waals surface area contributed by atoms with E-state index in [1.807, 2.05) is 0 Å².